The lowest BCUT2D eigenvalue weighted by molar-refractivity contribution is -0.119. The summed E-state index contributed by atoms with van der Waals surface area (Å²) in [5.74, 6) is -0.918. The van der Waals surface area contributed by atoms with Crippen LogP contribution in [0.3, 0.4) is 0 Å². The highest BCUT2D eigenvalue weighted by Crippen LogP contribution is 2.25. The number of halogens is 1. The van der Waals surface area contributed by atoms with Gasteiger partial charge in [0.25, 0.3) is 5.24 Å². The molecule has 0 aliphatic carbocycles. The van der Waals surface area contributed by atoms with E-state index >= 15 is 0 Å². The van der Waals surface area contributed by atoms with Crippen molar-refractivity contribution in [1.29, 1.82) is 0 Å². The molecule has 2 aromatic carbocycles. The standard InChI is InChI=1S/C23H19FN4O3S/c1-28-21(15-4-7-17(24)8-5-15)16(13-25-28)6-11-20(29)26-18-9-2-14(3-10-18)12-19-22(30)27-23(31)32-19/h2-11,13,19H,12H2,1H3,(H,26,29)(H,27,30,31)/b11-6+. The number of imide groups is 1. The zero-order valence-corrected chi connectivity index (χ0v) is 17.9. The highest BCUT2D eigenvalue weighted by molar-refractivity contribution is 8.15. The number of nitrogens with one attached hydrogen (secondary N) is 2. The fraction of sp³-hybridized carbons (Fsp3) is 0.130. The summed E-state index contributed by atoms with van der Waals surface area (Å²) in [5, 5.41) is 8.52. The van der Waals surface area contributed by atoms with E-state index in [0.717, 1.165) is 34.1 Å². The molecule has 9 heteroatoms. The maximum Gasteiger partial charge on any atom is 0.286 e. The van der Waals surface area contributed by atoms with Crippen LogP contribution in [0.25, 0.3) is 17.3 Å². The fourth-order valence-corrected chi connectivity index (χ4v) is 4.21. The Kier molecular flexibility index (Phi) is 6.18. The molecule has 0 bridgehead atoms. The Morgan fingerprint density at radius 3 is 2.56 bits per heavy atom. The SMILES string of the molecule is Cn1ncc(/C=C/C(=O)Nc2ccc(CC3SC(=O)NC3=O)cc2)c1-c1ccc(F)cc1. The van der Waals surface area contributed by atoms with Gasteiger partial charge in [0.15, 0.2) is 0 Å². The summed E-state index contributed by atoms with van der Waals surface area (Å²) in [6.07, 6.45) is 5.13. The number of rotatable bonds is 6. The van der Waals surface area contributed by atoms with Gasteiger partial charge in [-0.1, -0.05) is 23.9 Å². The first kappa shape index (κ1) is 21.5. The molecule has 3 amide bonds. The van der Waals surface area contributed by atoms with Crippen LogP contribution < -0.4 is 10.6 Å². The Morgan fingerprint density at radius 2 is 1.91 bits per heavy atom. The van der Waals surface area contributed by atoms with Crippen molar-refractivity contribution < 1.29 is 18.8 Å². The molecule has 0 saturated carbocycles. The number of aromatic nitrogens is 2. The van der Waals surface area contributed by atoms with Crippen LogP contribution in [0.15, 0.2) is 60.8 Å². The molecule has 1 aliphatic rings. The summed E-state index contributed by atoms with van der Waals surface area (Å²) in [6.45, 7) is 0. The Hall–Kier alpha value is -3.72. The van der Waals surface area contributed by atoms with Gasteiger partial charge < -0.3 is 5.32 Å². The number of hydrogen-bond donors (Lipinski definition) is 2. The number of carbonyl (C=O) groups excluding carboxylic acids is 3. The number of anilines is 1. The van der Waals surface area contributed by atoms with Gasteiger partial charge in [-0.2, -0.15) is 5.10 Å². The predicted molar refractivity (Wildman–Crippen MR) is 121 cm³/mol. The number of aryl methyl sites for hydroxylation is 1. The van der Waals surface area contributed by atoms with Gasteiger partial charge in [0.05, 0.1) is 17.1 Å². The van der Waals surface area contributed by atoms with Crippen molar-refractivity contribution >= 4 is 40.6 Å². The summed E-state index contributed by atoms with van der Waals surface area (Å²) in [5.41, 5.74) is 3.78. The van der Waals surface area contributed by atoms with Crippen LogP contribution in [0.4, 0.5) is 14.9 Å². The molecule has 1 atom stereocenters. The van der Waals surface area contributed by atoms with Crippen molar-refractivity contribution in [3.63, 3.8) is 0 Å². The molecule has 0 spiro atoms. The topological polar surface area (TPSA) is 93.1 Å². The molecule has 7 nitrogen and oxygen atoms in total. The molecule has 1 aliphatic heterocycles. The molecule has 162 valence electrons. The normalized spacial score (nSPS) is 15.9. The van der Waals surface area contributed by atoms with Crippen LogP contribution in [0, 0.1) is 5.82 Å². The number of thioether (sulfide) groups is 1. The Bertz CT molecular complexity index is 1200. The maximum absolute atomic E-state index is 13.2. The van der Waals surface area contributed by atoms with Crippen molar-refractivity contribution in [2.75, 3.05) is 5.32 Å². The molecule has 2 N–H and O–H groups in total. The first-order valence-electron chi connectivity index (χ1n) is 9.76. The van der Waals surface area contributed by atoms with E-state index in [1.54, 1.807) is 48.3 Å². The highest BCUT2D eigenvalue weighted by Gasteiger charge is 2.31. The maximum atomic E-state index is 13.2. The van der Waals surface area contributed by atoms with Crippen molar-refractivity contribution in [3.05, 3.63) is 77.7 Å². The molecule has 32 heavy (non-hydrogen) atoms. The number of amides is 3. The Morgan fingerprint density at radius 1 is 1.19 bits per heavy atom. The molecular weight excluding hydrogens is 431 g/mol. The molecule has 1 fully saturated rings. The molecule has 2 heterocycles. The second kappa shape index (κ2) is 9.19. The molecule has 1 aromatic heterocycles. The first-order chi connectivity index (χ1) is 15.4. The average molecular weight is 450 g/mol. The van der Waals surface area contributed by atoms with Crippen molar-refractivity contribution in [2.24, 2.45) is 7.05 Å². The summed E-state index contributed by atoms with van der Waals surface area (Å²) in [7, 11) is 1.78. The van der Waals surface area contributed by atoms with Crippen LogP contribution in [0.5, 0.6) is 0 Å². The molecule has 4 rings (SSSR count). The average Bonchev–Trinajstić information content (AvgIpc) is 3.29. The predicted octanol–water partition coefficient (Wildman–Crippen LogP) is 3.77. The summed E-state index contributed by atoms with van der Waals surface area (Å²) < 4.78 is 14.9. The van der Waals surface area contributed by atoms with Gasteiger partial charge in [-0.3, -0.25) is 24.4 Å². The van der Waals surface area contributed by atoms with Gasteiger partial charge >= 0.3 is 0 Å². The molecule has 0 radical (unpaired) electrons. The van der Waals surface area contributed by atoms with Crippen LogP contribution in [-0.4, -0.2) is 32.1 Å². The van der Waals surface area contributed by atoms with Crippen molar-refractivity contribution in [2.45, 2.75) is 11.7 Å². The van der Waals surface area contributed by atoms with Gasteiger partial charge in [-0.25, -0.2) is 4.39 Å². The Labute approximate surface area is 187 Å². The van der Waals surface area contributed by atoms with E-state index in [4.69, 9.17) is 0 Å². The van der Waals surface area contributed by atoms with Crippen LogP contribution in [0.2, 0.25) is 0 Å². The van der Waals surface area contributed by atoms with Gasteiger partial charge in [0.2, 0.25) is 11.8 Å². The zero-order chi connectivity index (χ0) is 22.7. The van der Waals surface area contributed by atoms with Gasteiger partial charge in [0.1, 0.15) is 5.82 Å². The smallest absolute Gasteiger partial charge is 0.286 e. The van der Waals surface area contributed by atoms with E-state index in [2.05, 4.69) is 15.7 Å². The van der Waals surface area contributed by atoms with Gasteiger partial charge in [0, 0.05) is 29.9 Å². The lowest BCUT2D eigenvalue weighted by Crippen LogP contribution is -2.25. The summed E-state index contributed by atoms with van der Waals surface area (Å²) in [6, 6.07) is 13.2. The third-order valence-corrected chi connectivity index (χ3v) is 5.89. The van der Waals surface area contributed by atoms with E-state index < -0.39 is 5.25 Å². The largest absolute Gasteiger partial charge is 0.323 e. The minimum atomic E-state index is -0.430. The van der Waals surface area contributed by atoms with Crippen LogP contribution >= 0.6 is 11.8 Å². The second-order valence-electron chi connectivity index (χ2n) is 7.19. The van der Waals surface area contributed by atoms with E-state index in [1.165, 1.54) is 18.2 Å². The van der Waals surface area contributed by atoms with Crippen molar-refractivity contribution in [1.82, 2.24) is 15.1 Å². The van der Waals surface area contributed by atoms with Crippen LogP contribution in [-0.2, 0) is 23.1 Å². The van der Waals surface area contributed by atoms with Gasteiger partial charge in [-0.15, -0.1) is 0 Å². The highest BCUT2D eigenvalue weighted by atomic mass is 32.2. The minimum absolute atomic E-state index is 0.280. The lowest BCUT2D eigenvalue weighted by atomic mass is 10.1. The van der Waals surface area contributed by atoms with E-state index in [0.29, 0.717) is 12.1 Å². The quantitative estimate of drug-likeness (QED) is 0.558. The second-order valence-corrected chi connectivity index (χ2v) is 8.36. The van der Waals surface area contributed by atoms with E-state index in [-0.39, 0.29) is 22.9 Å². The van der Waals surface area contributed by atoms with Crippen LogP contribution in [0.1, 0.15) is 11.1 Å². The van der Waals surface area contributed by atoms with Gasteiger partial charge in [-0.05, 0) is 54.5 Å². The van der Waals surface area contributed by atoms with E-state index in [1.807, 2.05) is 12.1 Å². The number of nitrogens with zero attached hydrogens (tertiary/aromatic N) is 2. The minimum Gasteiger partial charge on any atom is -0.323 e. The number of carbonyl (C=O) groups is 3. The lowest BCUT2D eigenvalue weighted by Gasteiger charge is -2.07. The molecular formula is C23H19FN4O3S. The third kappa shape index (κ3) is 4.94. The summed E-state index contributed by atoms with van der Waals surface area (Å²) in [4.78, 5) is 35.3. The Balaban J connectivity index is 1.39. The monoisotopic (exact) mass is 450 g/mol. The van der Waals surface area contributed by atoms with Crippen molar-refractivity contribution in [3.8, 4) is 11.3 Å². The molecule has 1 saturated heterocycles. The number of benzene rings is 2. The summed E-state index contributed by atoms with van der Waals surface area (Å²) >= 11 is 0.986. The molecule has 3 aromatic rings. The van der Waals surface area contributed by atoms with E-state index in [9.17, 15) is 18.8 Å². The fourth-order valence-electron chi connectivity index (χ4n) is 3.35. The first-order valence-corrected chi connectivity index (χ1v) is 10.6. The third-order valence-electron chi connectivity index (χ3n) is 4.91. The molecule has 1 unspecified atom stereocenters. The zero-order valence-electron chi connectivity index (χ0n) is 17.0. The number of hydrogen-bond acceptors (Lipinski definition) is 5.